The molecule has 2 rings (SSSR count). The minimum absolute atomic E-state index is 0.00142. The summed E-state index contributed by atoms with van der Waals surface area (Å²) in [5.74, 6) is 1.11. The van der Waals surface area contributed by atoms with E-state index in [4.69, 9.17) is 5.11 Å². The topological polar surface area (TPSA) is 40.5 Å². The minimum atomic E-state index is -0.463. The Kier molecular flexibility index (Phi) is 5.23. The van der Waals surface area contributed by atoms with Crippen LogP contribution < -0.4 is 0 Å². The molecule has 0 radical (unpaired) electrons. The molecule has 0 aromatic carbocycles. The third kappa shape index (κ3) is 3.19. The zero-order valence-electron chi connectivity index (χ0n) is 14.9. The van der Waals surface area contributed by atoms with Crippen LogP contribution in [0.3, 0.4) is 0 Å². The van der Waals surface area contributed by atoms with Crippen LogP contribution in [0.5, 0.6) is 0 Å². The Morgan fingerprint density at radius 3 is 2.68 bits per heavy atom. The number of aliphatic hydroxyl groups excluding tert-OH is 2. The molecule has 0 bridgehead atoms. The molecule has 126 valence electrons. The Morgan fingerprint density at radius 2 is 2.05 bits per heavy atom. The van der Waals surface area contributed by atoms with Gasteiger partial charge in [-0.25, -0.2) is 0 Å². The average molecular weight is 306 g/mol. The third-order valence-electron chi connectivity index (χ3n) is 6.72. The number of aliphatic hydroxyl groups is 2. The molecule has 0 unspecified atom stereocenters. The molecular weight excluding hydrogens is 272 g/mol. The Bertz CT molecular complexity index is 449. The van der Waals surface area contributed by atoms with E-state index in [1.807, 2.05) is 6.92 Å². The molecule has 0 aliphatic heterocycles. The summed E-state index contributed by atoms with van der Waals surface area (Å²) in [7, 11) is 0. The highest BCUT2D eigenvalue weighted by atomic mass is 16.3. The fourth-order valence-electron chi connectivity index (χ4n) is 5.40. The molecule has 2 aliphatic rings. The second-order valence-corrected chi connectivity index (χ2v) is 8.53. The first kappa shape index (κ1) is 17.7. The van der Waals surface area contributed by atoms with Crippen molar-refractivity contribution >= 4 is 0 Å². The van der Waals surface area contributed by atoms with Crippen molar-refractivity contribution in [2.24, 2.45) is 22.7 Å². The summed E-state index contributed by atoms with van der Waals surface area (Å²) in [6.45, 7) is 13.6. The van der Waals surface area contributed by atoms with Crippen LogP contribution in [0.2, 0.25) is 0 Å². The van der Waals surface area contributed by atoms with Gasteiger partial charge < -0.3 is 10.2 Å². The van der Waals surface area contributed by atoms with Gasteiger partial charge in [-0.3, -0.25) is 0 Å². The summed E-state index contributed by atoms with van der Waals surface area (Å²) in [5, 5.41) is 19.6. The van der Waals surface area contributed by atoms with E-state index in [0.29, 0.717) is 11.3 Å². The second-order valence-electron chi connectivity index (χ2n) is 8.53. The largest absolute Gasteiger partial charge is 0.392 e. The Hall–Kier alpha value is -0.600. The van der Waals surface area contributed by atoms with Gasteiger partial charge >= 0.3 is 0 Å². The lowest BCUT2D eigenvalue weighted by molar-refractivity contribution is -0.0613. The summed E-state index contributed by atoms with van der Waals surface area (Å²) in [4.78, 5) is 0. The maximum Gasteiger partial charge on any atom is 0.0754 e. The van der Waals surface area contributed by atoms with Crippen LogP contribution in [-0.4, -0.2) is 22.9 Å². The fraction of sp³-hybridized carbons (Fsp3) is 0.800. The molecule has 0 heterocycles. The SMILES string of the molecule is C=C1CC[C@H]2C(C)(C)CCC[C@]2(C)[C@H]1C[C@@H](O)/C(C)=C/CO. The number of hydrogen-bond donors (Lipinski definition) is 2. The van der Waals surface area contributed by atoms with E-state index < -0.39 is 6.10 Å². The molecular formula is C20H34O2. The highest BCUT2D eigenvalue weighted by Crippen LogP contribution is 2.61. The number of fused-ring (bicyclic) bond motifs is 1. The van der Waals surface area contributed by atoms with Gasteiger partial charge in [0.05, 0.1) is 12.7 Å². The van der Waals surface area contributed by atoms with Crippen LogP contribution in [0.1, 0.15) is 66.2 Å². The zero-order chi connectivity index (χ0) is 16.5. The lowest BCUT2D eigenvalue weighted by Crippen LogP contribution is -2.50. The maximum absolute atomic E-state index is 10.5. The van der Waals surface area contributed by atoms with Gasteiger partial charge in [0.2, 0.25) is 0 Å². The van der Waals surface area contributed by atoms with Crippen molar-refractivity contribution in [2.45, 2.75) is 72.3 Å². The summed E-state index contributed by atoms with van der Waals surface area (Å²) < 4.78 is 0. The summed E-state index contributed by atoms with van der Waals surface area (Å²) in [6.07, 6.45) is 8.22. The lowest BCUT2D eigenvalue weighted by Gasteiger charge is -2.58. The molecule has 0 saturated heterocycles. The molecule has 2 fully saturated rings. The van der Waals surface area contributed by atoms with Crippen molar-refractivity contribution in [1.29, 1.82) is 0 Å². The van der Waals surface area contributed by atoms with E-state index in [1.54, 1.807) is 6.08 Å². The molecule has 0 aromatic heterocycles. The van der Waals surface area contributed by atoms with E-state index >= 15 is 0 Å². The van der Waals surface area contributed by atoms with Gasteiger partial charge in [0.1, 0.15) is 0 Å². The Balaban J connectivity index is 2.24. The van der Waals surface area contributed by atoms with Crippen molar-refractivity contribution in [2.75, 3.05) is 6.61 Å². The number of hydrogen-bond acceptors (Lipinski definition) is 2. The number of rotatable bonds is 4. The normalized spacial score (nSPS) is 36.8. The quantitative estimate of drug-likeness (QED) is 0.752. The first-order valence-corrected chi connectivity index (χ1v) is 8.85. The maximum atomic E-state index is 10.5. The van der Waals surface area contributed by atoms with Gasteiger partial charge in [-0.05, 0) is 67.3 Å². The zero-order valence-corrected chi connectivity index (χ0v) is 14.9. The lowest BCUT2D eigenvalue weighted by atomic mass is 9.47. The highest BCUT2D eigenvalue weighted by molar-refractivity contribution is 5.18. The monoisotopic (exact) mass is 306 g/mol. The van der Waals surface area contributed by atoms with Crippen LogP contribution in [0.25, 0.3) is 0 Å². The van der Waals surface area contributed by atoms with Gasteiger partial charge in [-0.1, -0.05) is 45.4 Å². The molecule has 0 spiro atoms. The Labute approximate surface area is 136 Å². The van der Waals surface area contributed by atoms with E-state index in [1.165, 1.54) is 31.3 Å². The Morgan fingerprint density at radius 1 is 1.36 bits per heavy atom. The van der Waals surface area contributed by atoms with Crippen molar-refractivity contribution in [3.8, 4) is 0 Å². The molecule has 0 amide bonds. The summed E-state index contributed by atoms with van der Waals surface area (Å²) >= 11 is 0. The fourth-order valence-corrected chi connectivity index (χ4v) is 5.40. The van der Waals surface area contributed by atoms with E-state index in [9.17, 15) is 5.11 Å². The van der Waals surface area contributed by atoms with Crippen LogP contribution in [0.4, 0.5) is 0 Å². The first-order valence-electron chi connectivity index (χ1n) is 8.85. The van der Waals surface area contributed by atoms with Crippen molar-refractivity contribution in [3.05, 3.63) is 23.8 Å². The predicted octanol–water partition coefficient (Wildman–Crippen LogP) is 4.47. The van der Waals surface area contributed by atoms with E-state index in [-0.39, 0.29) is 12.0 Å². The van der Waals surface area contributed by atoms with Gasteiger partial charge in [-0.15, -0.1) is 0 Å². The smallest absolute Gasteiger partial charge is 0.0754 e. The van der Waals surface area contributed by atoms with Crippen LogP contribution in [0.15, 0.2) is 23.8 Å². The standard InChI is InChI=1S/C20H34O2/c1-14-7-8-18-19(3,4)10-6-11-20(18,5)16(14)13-17(22)15(2)9-12-21/h9,16-18,21-22H,1,6-8,10-13H2,2-5H3/b15-9+/t16-,17+,18-,20+/m0/s1. The summed E-state index contributed by atoms with van der Waals surface area (Å²) in [6, 6.07) is 0. The average Bonchev–Trinajstić information content (AvgIpc) is 2.42. The second kappa shape index (κ2) is 6.49. The van der Waals surface area contributed by atoms with Gasteiger partial charge in [0.15, 0.2) is 0 Å². The molecule has 2 heteroatoms. The molecule has 4 atom stereocenters. The predicted molar refractivity (Wildman–Crippen MR) is 92.6 cm³/mol. The van der Waals surface area contributed by atoms with Crippen LogP contribution in [-0.2, 0) is 0 Å². The van der Waals surface area contributed by atoms with Gasteiger partial charge in [0, 0.05) is 0 Å². The van der Waals surface area contributed by atoms with E-state index in [2.05, 4.69) is 27.4 Å². The highest BCUT2D eigenvalue weighted by Gasteiger charge is 2.52. The number of allylic oxidation sites excluding steroid dienone is 1. The van der Waals surface area contributed by atoms with Gasteiger partial charge in [0.25, 0.3) is 0 Å². The molecule has 2 nitrogen and oxygen atoms in total. The molecule has 22 heavy (non-hydrogen) atoms. The molecule has 2 N–H and O–H groups in total. The third-order valence-corrected chi connectivity index (χ3v) is 6.72. The van der Waals surface area contributed by atoms with Crippen LogP contribution >= 0.6 is 0 Å². The minimum Gasteiger partial charge on any atom is -0.392 e. The molecule has 0 aromatic rings. The van der Waals surface area contributed by atoms with E-state index in [0.717, 1.165) is 24.3 Å². The summed E-state index contributed by atoms with van der Waals surface area (Å²) in [5.41, 5.74) is 2.87. The molecule has 2 saturated carbocycles. The van der Waals surface area contributed by atoms with Crippen molar-refractivity contribution in [1.82, 2.24) is 0 Å². The van der Waals surface area contributed by atoms with Gasteiger partial charge in [-0.2, -0.15) is 0 Å². The van der Waals surface area contributed by atoms with Crippen LogP contribution in [0, 0.1) is 22.7 Å². The first-order chi connectivity index (χ1) is 10.2. The molecule has 2 aliphatic carbocycles. The van der Waals surface area contributed by atoms with Crippen molar-refractivity contribution in [3.63, 3.8) is 0 Å². The van der Waals surface area contributed by atoms with Crippen molar-refractivity contribution < 1.29 is 10.2 Å².